The number of nitrogens with zero attached hydrogens (tertiary/aromatic N) is 3. The van der Waals surface area contributed by atoms with Crippen LogP contribution in [0.15, 0.2) is 10.8 Å². The van der Waals surface area contributed by atoms with Crippen molar-refractivity contribution in [3.63, 3.8) is 0 Å². The summed E-state index contributed by atoms with van der Waals surface area (Å²) in [5.74, 6) is 0.306. The number of hydrogen-bond donors (Lipinski definition) is 1. The number of nitrogens with two attached hydrogens (primary N) is 1. The van der Waals surface area contributed by atoms with Crippen LogP contribution in [0, 0.1) is 0 Å². The fourth-order valence-corrected chi connectivity index (χ4v) is 2.05. The molecule has 2 heterocycles. The third-order valence-corrected chi connectivity index (χ3v) is 3.20. The van der Waals surface area contributed by atoms with Crippen LogP contribution < -0.4 is 5.73 Å². The molecule has 0 aliphatic carbocycles. The van der Waals surface area contributed by atoms with Crippen molar-refractivity contribution in [3.05, 3.63) is 16.5 Å². The van der Waals surface area contributed by atoms with Gasteiger partial charge in [-0.3, -0.25) is 0 Å². The molecule has 0 amide bonds. The van der Waals surface area contributed by atoms with Gasteiger partial charge in [0, 0.05) is 7.05 Å². The highest BCUT2D eigenvalue weighted by Crippen LogP contribution is 2.32. The molecule has 0 spiro atoms. The van der Waals surface area contributed by atoms with Crippen molar-refractivity contribution in [1.29, 1.82) is 0 Å². The summed E-state index contributed by atoms with van der Waals surface area (Å²) in [6.07, 6.45) is 1.74. The lowest BCUT2D eigenvalue weighted by Crippen LogP contribution is -2.03. The van der Waals surface area contributed by atoms with Gasteiger partial charge >= 0.3 is 0 Å². The maximum Gasteiger partial charge on any atom is 0.161 e. The smallest absolute Gasteiger partial charge is 0.161 e. The molecule has 2 N–H and O–H groups in total. The van der Waals surface area contributed by atoms with Crippen molar-refractivity contribution in [1.82, 2.24) is 14.5 Å². The van der Waals surface area contributed by atoms with Crippen molar-refractivity contribution in [2.24, 2.45) is 7.05 Å². The van der Waals surface area contributed by atoms with Crippen molar-refractivity contribution >= 4 is 32.8 Å². The van der Waals surface area contributed by atoms with Crippen LogP contribution in [0.2, 0.25) is 0 Å². The zero-order valence-corrected chi connectivity index (χ0v) is 10.5. The Morgan fingerprint density at radius 2 is 2.13 bits per heavy atom. The molecule has 0 aliphatic heterocycles. The second kappa shape index (κ2) is 3.48. The lowest BCUT2D eigenvalue weighted by Gasteiger charge is -2.10. The minimum atomic E-state index is 0.306. The van der Waals surface area contributed by atoms with E-state index >= 15 is 0 Å². The van der Waals surface area contributed by atoms with Gasteiger partial charge in [-0.2, -0.15) is 0 Å². The molecular weight excluding hydrogens is 256 g/mol. The average molecular weight is 269 g/mol. The van der Waals surface area contributed by atoms with Crippen molar-refractivity contribution in [2.75, 3.05) is 5.73 Å². The zero-order chi connectivity index (χ0) is 11.2. The number of fused-ring (bicyclic) bond motifs is 1. The first-order chi connectivity index (χ1) is 7.02. The second-order valence-corrected chi connectivity index (χ2v) is 4.70. The largest absolute Gasteiger partial charge is 0.396 e. The number of hydrogen-bond acceptors (Lipinski definition) is 3. The molecule has 2 rings (SSSR count). The molecule has 2 aromatic rings. The van der Waals surface area contributed by atoms with E-state index in [4.69, 9.17) is 5.73 Å². The molecule has 0 aromatic carbocycles. The number of pyridine rings is 1. The van der Waals surface area contributed by atoms with E-state index < -0.39 is 0 Å². The van der Waals surface area contributed by atoms with Gasteiger partial charge in [-0.1, -0.05) is 13.8 Å². The van der Waals surface area contributed by atoms with Gasteiger partial charge in [0.25, 0.3) is 0 Å². The number of anilines is 1. The summed E-state index contributed by atoms with van der Waals surface area (Å²) in [5.41, 5.74) is 9.29. The maximum absolute atomic E-state index is 6.00. The fourth-order valence-electron chi connectivity index (χ4n) is 1.56. The van der Waals surface area contributed by atoms with Gasteiger partial charge in [0.15, 0.2) is 5.65 Å². The van der Waals surface area contributed by atoms with Crippen LogP contribution in [-0.2, 0) is 7.05 Å². The Kier molecular flexibility index (Phi) is 2.42. The lowest BCUT2D eigenvalue weighted by molar-refractivity contribution is 0.822. The summed E-state index contributed by atoms with van der Waals surface area (Å²) in [7, 11) is 1.93. The Balaban J connectivity index is 2.85. The third kappa shape index (κ3) is 1.51. The van der Waals surface area contributed by atoms with Crippen LogP contribution in [0.4, 0.5) is 5.69 Å². The number of aromatic nitrogens is 3. The summed E-state index contributed by atoms with van der Waals surface area (Å²) < 4.78 is 2.74. The zero-order valence-electron chi connectivity index (χ0n) is 8.95. The predicted molar refractivity (Wildman–Crippen MR) is 64.7 cm³/mol. The van der Waals surface area contributed by atoms with E-state index in [9.17, 15) is 0 Å². The molecule has 80 valence electrons. The van der Waals surface area contributed by atoms with Crippen LogP contribution in [-0.4, -0.2) is 14.5 Å². The van der Waals surface area contributed by atoms with Gasteiger partial charge in [0.05, 0.1) is 22.2 Å². The molecule has 0 saturated carbocycles. The maximum atomic E-state index is 6.00. The quantitative estimate of drug-likeness (QED) is 0.865. The first kappa shape index (κ1) is 10.4. The minimum Gasteiger partial charge on any atom is -0.396 e. The highest BCUT2D eigenvalue weighted by atomic mass is 79.9. The number of rotatable bonds is 1. The third-order valence-electron chi connectivity index (χ3n) is 2.40. The molecule has 0 saturated heterocycles. The molecule has 0 unspecified atom stereocenters. The number of aryl methyl sites for hydroxylation is 1. The Labute approximate surface area is 96.6 Å². The molecule has 5 heteroatoms. The molecule has 0 atom stereocenters. The summed E-state index contributed by atoms with van der Waals surface area (Å²) in [6, 6.07) is 0. The standard InChI is InChI=1S/C10H13BrN4/c1-5(2)8-7(12)6(11)9-10(14-8)15(3)4-13-9/h4-5H,12H2,1-3H3. The average Bonchev–Trinajstić information content (AvgIpc) is 2.53. The van der Waals surface area contributed by atoms with Crippen LogP contribution >= 0.6 is 15.9 Å². The van der Waals surface area contributed by atoms with Crippen LogP contribution in [0.3, 0.4) is 0 Å². The van der Waals surface area contributed by atoms with Crippen LogP contribution in [0.25, 0.3) is 11.2 Å². The normalized spacial score (nSPS) is 11.5. The summed E-state index contributed by atoms with van der Waals surface area (Å²) >= 11 is 3.47. The van der Waals surface area contributed by atoms with Gasteiger partial charge in [-0.15, -0.1) is 0 Å². The lowest BCUT2D eigenvalue weighted by atomic mass is 10.1. The molecular formula is C10H13BrN4. The van der Waals surface area contributed by atoms with E-state index in [1.807, 2.05) is 11.6 Å². The SMILES string of the molecule is CC(C)c1nc2c(ncn2C)c(Br)c1N. The van der Waals surface area contributed by atoms with Crippen molar-refractivity contribution in [2.45, 2.75) is 19.8 Å². The highest BCUT2D eigenvalue weighted by molar-refractivity contribution is 9.10. The Morgan fingerprint density at radius 1 is 1.47 bits per heavy atom. The van der Waals surface area contributed by atoms with Crippen LogP contribution in [0.5, 0.6) is 0 Å². The Morgan fingerprint density at radius 3 is 2.73 bits per heavy atom. The predicted octanol–water partition coefficient (Wildman–Crippen LogP) is 2.44. The first-order valence-corrected chi connectivity index (χ1v) is 5.57. The second-order valence-electron chi connectivity index (χ2n) is 3.91. The van der Waals surface area contributed by atoms with Gasteiger partial charge in [0.2, 0.25) is 0 Å². The van der Waals surface area contributed by atoms with E-state index in [-0.39, 0.29) is 0 Å². The van der Waals surface area contributed by atoms with Gasteiger partial charge in [-0.25, -0.2) is 9.97 Å². The highest BCUT2D eigenvalue weighted by Gasteiger charge is 2.15. The van der Waals surface area contributed by atoms with E-state index in [0.717, 1.165) is 21.3 Å². The van der Waals surface area contributed by atoms with Gasteiger partial charge in [0.1, 0.15) is 5.52 Å². The number of nitrogen functional groups attached to an aromatic ring is 1. The van der Waals surface area contributed by atoms with E-state index in [2.05, 4.69) is 39.7 Å². The van der Waals surface area contributed by atoms with Crippen molar-refractivity contribution < 1.29 is 0 Å². The molecule has 0 bridgehead atoms. The first-order valence-electron chi connectivity index (χ1n) is 4.78. The molecule has 4 nitrogen and oxygen atoms in total. The minimum absolute atomic E-state index is 0.306. The van der Waals surface area contributed by atoms with E-state index in [1.54, 1.807) is 6.33 Å². The van der Waals surface area contributed by atoms with Gasteiger partial charge in [-0.05, 0) is 21.8 Å². The van der Waals surface area contributed by atoms with E-state index in [1.165, 1.54) is 0 Å². The summed E-state index contributed by atoms with van der Waals surface area (Å²) in [5, 5.41) is 0. The fraction of sp³-hybridized carbons (Fsp3) is 0.400. The molecule has 15 heavy (non-hydrogen) atoms. The number of halogens is 1. The Hall–Kier alpha value is -1.10. The summed E-state index contributed by atoms with van der Waals surface area (Å²) in [4.78, 5) is 8.79. The Bertz CT molecular complexity index is 516. The molecule has 0 aliphatic rings. The van der Waals surface area contributed by atoms with Crippen LogP contribution in [0.1, 0.15) is 25.5 Å². The summed E-state index contributed by atoms with van der Waals surface area (Å²) in [6.45, 7) is 4.15. The van der Waals surface area contributed by atoms with Gasteiger partial charge < -0.3 is 10.3 Å². The topological polar surface area (TPSA) is 56.7 Å². The van der Waals surface area contributed by atoms with Crippen molar-refractivity contribution in [3.8, 4) is 0 Å². The molecule has 2 aromatic heterocycles. The van der Waals surface area contributed by atoms with E-state index in [0.29, 0.717) is 11.6 Å². The monoisotopic (exact) mass is 268 g/mol. The molecule has 0 fully saturated rings. The molecule has 0 radical (unpaired) electrons. The number of imidazole rings is 1.